The second-order valence-corrected chi connectivity index (χ2v) is 9.53. The lowest BCUT2D eigenvalue weighted by atomic mass is 9.90. The van der Waals surface area contributed by atoms with E-state index in [1.165, 1.54) is 18.4 Å². The van der Waals surface area contributed by atoms with Crippen molar-refractivity contribution in [3.05, 3.63) is 75.0 Å². The van der Waals surface area contributed by atoms with Crippen LogP contribution in [0.5, 0.6) is 0 Å². The number of thiophene rings is 2. The van der Waals surface area contributed by atoms with E-state index < -0.39 is 0 Å². The highest BCUT2D eigenvalue weighted by Gasteiger charge is 2.21. The number of nitrogens with zero attached hydrogens (tertiary/aromatic N) is 2. The van der Waals surface area contributed by atoms with Crippen LogP contribution in [0.3, 0.4) is 0 Å². The summed E-state index contributed by atoms with van der Waals surface area (Å²) >= 11 is 3.22. The van der Waals surface area contributed by atoms with Gasteiger partial charge in [0.05, 0.1) is 11.9 Å². The van der Waals surface area contributed by atoms with Crippen LogP contribution < -0.4 is 5.56 Å². The molecule has 6 heteroatoms. The Bertz CT molecular complexity index is 1140. The molecule has 0 spiro atoms. The molecule has 0 saturated carbocycles. The number of likely N-dealkylation sites (tertiary alicyclic amines) is 1. The van der Waals surface area contributed by atoms with Gasteiger partial charge in [-0.2, -0.15) is 0 Å². The van der Waals surface area contributed by atoms with Crippen LogP contribution in [0.25, 0.3) is 20.7 Å². The van der Waals surface area contributed by atoms with Crippen LogP contribution in [0.15, 0.2) is 58.0 Å². The molecule has 4 aromatic rings. The van der Waals surface area contributed by atoms with Gasteiger partial charge in [0.1, 0.15) is 10.7 Å². The monoisotopic (exact) mass is 421 g/mol. The molecule has 1 N–H and O–H groups in total. The lowest BCUT2D eigenvalue weighted by Gasteiger charge is -2.31. The minimum Gasteiger partial charge on any atom is -0.309 e. The van der Waals surface area contributed by atoms with Crippen molar-refractivity contribution < 1.29 is 0 Å². The van der Waals surface area contributed by atoms with Gasteiger partial charge in [0, 0.05) is 15.8 Å². The maximum absolute atomic E-state index is 12.8. The van der Waals surface area contributed by atoms with Crippen molar-refractivity contribution >= 4 is 32.9 Å². The number of nitrogens with one attached hydrogen (secondary N) is 1. The van der Waals surface area contributed by atoms with Gasteiger partial charge >= 0.3 is 0 Å². The fraction of sp³-hybridized carbons (Fsp3) is 0.304. The first kappa shape index (κ1) is 18.7. The number of aromatic amines is 1. The van der Waals surface area contributed by atoms with E-state index in [2.05, 4.69) is 51.7 Å². The summed E-state index contributed by atoms with van der Waals surface area (Å²) in [5.74, 6) is 1.53. The van der Waals surface area contributed by atoms with Crippen LogP contribution in [0, 0.1) is 5.92 Å². The highest BCUT2D eigenvalue weighted by atomic mass is 32.1. The Morgan fingerprint density at radius 2 is 1.90 bits per heavy atom. The third kappa shape index (κ3) is 4.06. The standard InChI is InChI=1S/C23H23N3OS2/c27-22-21-18(19-7-4-12-28-19)15-29-23(21)25-20(24-22)14-26-10-8-17(9-11-26)13-16-5-2-1-3-6-16/h1-7,12,15,17H,8-11,13-14H2,(H,24,25,27). The zero-order valence-corrected chi connectivity index (χ0v) is 17.8. The molecule has 4 nitrogen and oxygen atoms in total. The van der Waals surface area contributed by atoms with Crippen molar-refractivity contribution in [2.45, 2.75) is 25.8 Å². The Morgan fingerprint density at radius 1 is 1.07 bits per heavy atom. The van der Waals surface area contributed by atoms with E-state index in [-0.39, 0.29) is 5.56 Å². The molecule has 0 atom stereocenters. The normalized spacial score (nSPS) is 15.9. The molecule has 0 amide bonds. The van der Waals surface area contributed by atoms with Crippen molar-refractivity contribution in [2.24, 2.45) is 5.92 Å². The van der Waals surface area contributed by atoms with E-state index in [4.69, 9.17) is 4.98 Å². The van der Waals surface area contributed by atoms with Crippen LogP contribution in [0.1, 0.15) is 24.2 Å². The molecule has 5 rings (SSSR count). The van der Waals surface area contributed by atoms with Gasteiger partial charge in [-0.3, -0.25) is 9.69 Å². The average Bonchev–Trinajstić information content (AvgIpc) is 3.40. The van der Waals surface area contributed by atoms with Crippen LogP contribution in [-0.2, 0) is 13.0 Å². The van der Waals surface area contributed by atoms with E-state index in [1.807, 2.05) is 11.4 Å². The Hall–Kier alpha value is -2.28. The number of piperidine rings is 1. The first-order chi connectivity index (χ1) is 14.3. The maximum Gasteiger partial charge on any atom is 0.260 e. The molecule has 1 saturated heterocycles. The van der Waals surface area contributed by atoms with Crippen LogP contribution in [-0.4, -0.2) is 28.0 Å². The summed E-state index contributed by atoms with van der Waals surface area (Å²) in [7, 11) is 0. The molecular weight excluding hydrogens is 398 g/mol. The summed E-state index contributed by atoms with van der Waals surface area (Å²) in [6.07, 6.45) is 3.56. The Kier molecular flexibility index (Phi) is 5.31. The highest BCUT2D eigenvalue weighted by Crippen LogP contribution is 2.33. The summed E-state index contributed by atoms with van der Waals surface area (Å²) in [5, 5.41) is 4.82. The number of H-pyrrole nitrogens is 1. The number of fused-ring (bicyclic) bond motifs is 1. The Labute approximate surface area is 177 Å². The van der Waals surface area contributed by atoms with Crippen molar-refractivity contribution in [3.8, 4) is 10.4 Å². The summed E-state index contributed by atoms with van der Waals surface area (Å²) in [6.45, 7) is 2.84. The van der Waals surface area contributed by atoms with Crippen LogP contribution in [0.2, 0.25) is 0 Å². The predicted molar refractivity (Wildman–Crippen MR) is 122 cm³/mol. The van der Waals surface area contributed by atoms with E-state index in [9.17, 15) is 4.79 Å². The quantitative estimate of drug-likeness (QED) is 0.484. The van der Waals surface area contributed by atoms with Crippen LogP contribution >= 0.6 is 22.7 Å². The van der Waals surface area contributed by atoms with Gasteiger partial charge in [-0.25, -0.2) is 4.98 Å². The molecule has 148 valence electrons. The molecule has 4 heterocycles. The topological polar surface area (TPSA) is 49.0 Å². The van der Waals surface area contributed by atoms with Gasteiger partial charge in [-0.15, -0.1) is 22.7 Å². The zero-order valence-electron chi connectivity index (χ0n) is 16.1. The summed E-state index contributed by atoms with van der Waals surface area (Å²) in [5.41, 5.74) is 2.41. The minimum absolute atomic E-state index is 0.0198. The van der Waals surface area contributed by atoms with E-state index in [0.29, 0.717) is 0 Å². The summed E-state index contributed by atoms with van der Waals surface area (Å²) < 4.78 is 0. The first-order valence-electron chi connectivity index (χ1n) is 10.1. The van der Waals surface area contributed by atoms with Gasteiger partial charge in [0.25, 0.3) is 5.56 Å². The molecule has 0 aliphatic carbocycles. The Balaban J connectivity index is 1.26. The molecule has 1 aromatic carbocycles. The average molecular weight is 422 g/mol. The van der Waals surface area contributed by atoms with Gasteiger partial charge in [-0.1, -0.05) is 36.4 Å². The van der Waals surface area contributed by atoms with Gasteiger partial charge < -0.3 is 4.98 Å². The number of hydrogen-bond donors (Lipinski definition) is 1. The highest BCUT2D eigenvalue weighted by molar-refractivity contribution is 7.18. The van der Waals surface area contributed by atoms with Gasteiger partial charge in [0.2, 0.25) is 0 Å². The SMILES string of the molecule is O=c1[nH]c(CN2CCC(Cc3ccccc3)CC2)nc2scc(-c3cccs3)c12. The first-order valence-corrected chi connectivity index (χ1v) is 11.8. The van der Waals surface area contributed by atoms with E-state index in [1.54, 1.807) is 22.7 Å². The second kappa shape index (κ2) is 8.22. The second-order valence-electron chi connectivity index (χ2n) is 7.73. The largest absolute Gasteiger partial charge is 0.309 e. The smallest absolute Gasteiger partial charge is 0.260 e. The van der Waals surface area contributed by atoms with Crippen molar-refractivity contribution in [2.75, 3.05) is 13.1 Å². The fourth-order valence-electron chi connectivity index (χ4n) is 4.19. The number of hydrogen-bond acceptors (Lipinski definition) is 5. The van der Waals surface area contributed by atoms with E-state index in [0.717, 1.165) is 58.5 Å². The van der Waals surface area contributed by atoms with Crippen molar-refractivity contribution in [1.29, 1.82) is 0 Å². The predicted octanol–water partition coefficient (Wildman–Crippen LogP) is 5.17. The molecule has 29 heavy (non-hydrogen) atoms. The molecule has 0 radical (unpaired) electrons. The maximum atomic E-state index is 12.8. The molecule has 0 unspecified atom stereocenters. The van der Waals surface area contributed by atoms with Crippen molar-refractivity contribution in [1.82, 2.24) is 14.9 Å². The zero-order chi connectivity index (χ0) is 19.6. The molecular formula is C23H23N3OS2. The van der Waals surface area contributed by atoms with E-state index >= 15 is 0 Å². The molecule has 3 aromatic heterocycles. The third-order valence-corrected chi connectivity index (χ3v) is 7.50. The molecule has 1 fully saturated rings. The number of benzene rings is 1. The van der Waals surface area contributed by atoms with Gasteiger partial charge in [0.15, 0.2) is 0 Å². The minimum atomic E-state index is -0.0198. The molecule has 1 aliphatic rings. The molecule has 1 aliphatic heterocycles. The molecule has 0 bridgehead atoms. The lowest BCUT2D eigenvalue weighted by molar-refractivity contribution is 0.173. The number of rotatable bonds is 5. The number of aromatic nitrogens is 2. The summed E-state index contributed by atoms with van der Waals surface area (Å²) in [4.78, 5) is 25.0. The lowest BCUT2D eigenvalue weighted by Crippen LogP contribution is -2.34. The fourth-order valence-corrected chi connectivity index (χ4v) is 5.97. The van der Waals surface area contributed by atoms with Gasteiger partial charge in [-0.05, 0) is 55.3 Å². The summed E-state index contributed by atoms with van der Waals surface area (Å²) in [6, 6.07) is 14.8. The van der Waals surface area contributed by atoms with Crippen molar-refractivity contribution in [3.63, 3.8) is 0 Å². The Morgan fingerprint density at radius 3 is 2.66 bits per heavy atom. The third-order valence-electron chi connectivity index (χ3n) is 5.73. The van der Waals surface area contributed by atoms with Crippen LogP contribution in [0.4, 0.5) is 0 Å².